The molecular weight excluding hydrogens is 262 g/mol. The lowest BCUT2D eigenvalue weighted by Gasteiger charge is -2.17. The fourth-order valence-corrected chi connectivity index (χ4v) is 1.82. The molecule has 2 N–H and O–H groups in total. The molecule has 0 radical (unpaired) electrons. The number of nitriles is 1. The number of rotatable bonds is 2. The van der Waals surface area contributed by atoms with Crippen molar-refractivity contribution in [3.05, 3.63) is 62.3 Å². The molecule has 7 heteroatoms. The van der Waals surface area contributed by atoms with E-state index in [0.29, 0.717) is 4.57 Å². The number of hydrogen-bond acceptors (Lipinski definition) is 5. The largest absolute Gasteiger partial charge is 0.494 e. The van der Waals surface area contributed by atoms with Gasteiger partial charge in [-0.1, -0.05) is 18.2 Å². The third-order valence-corrected chi connectivity index (χ3v) is 2.93. The van der Waals surface area contributed by atoms with E-state index in [9.17, 15) is 19.8 Å². The highest BCUT2D eigenvalue weighted by Gasteiger charge is 2.20. The van der Waals surface area contributed by atoms with Crippen molar-refractivity contribution in [1.29, 1.82) is 5.26 Å². The van der Waals surface area contributed by atoms with Gasteiger partial charge in [-0.3, -0.25) is 9.36 Å². The summed E-state index contributed by atoms with van der Waals surface area (Å²) in [5, 5.41) is 28.9. The Bertz CT molecular complexity index is 814. The number of aliphatic hydroxyl groups is 1. The minimum absolute atomic E-state index is 0.158. The molecule has 0 aliphatic heterocycles. The van der Waals surface area contributed by atoms with Crippen LogP contribution in [0, 0.1) is 11.3 Å². The van der Waals surface area contributed by atoms with E-state index in [1.807, 2.05) is 6.07 Å². The zero-order valence-corrected chi connectivity index (χ0v) is 10.5. The molecule has 102 valence electrons. The predicted molar refractivity (Wildman–Crippen MR) is 69.1 cm³/mol. The zero-order chi connectivity index (χ0) is 14.9. The Morgan fingerprint density at radius 2 is 1.95 bits per heavy atom. The first-order chi connectivity index (χ1) is 9.47. The maximum atomic E-state index is 11.9. The predicted octanol–water partition coefficient (Wildman–Crippen LogP) is -0.337. The summed E-state index contributed by atoms with van der Waals surface area (Å²) in [4.78, 5) is 23.3. The molecule has 0 saturated carbocycles. The molecule has 1 unspecified atom stereocenters. The highest BCUT2D eigenvalue weighted by molar-refractivity contribution is 5.39. The highest BCUT2D eigenvalue weighted by Crippen LogP contribution is 2.20. The molecule has 0 amide bonds. The Kier molecular flexibility index (Phi) is 3.41. The summed E-state index contributed by atoms with van der Waals surface area (Å²) in [6, 6.07) is 8.83. The van der Waals surface area contributed by atoms with Gasteiger partial charge in [-0.15, -0.1) is 0 Å². The molecule has 0 bridgehead atoms. The van der Waals surface area contributed by atoms with Crippen LogP contribution < -0.4 is 11.2 Å². The van der Waals surface area contributed by atoms with E-state index in [4.69, 9.17) is 5.26 Å². The molecule has 1 aromatic heterocycles. The average Bonchev–Trinajstić information content (AvgIpc) is 2.44. The molecular formula is C13H11N3O4. The summed E-state index contributed by atoms with van der Waals surface area (Å²) in [6.45, 7) is 0. The number of benzene rings is 1. The lowest BCUT2D eigenvalue weighted by Crippen LogP contribution is -2.39. The van der Waals surface area contributed by atoms with E-state index in [1.165, 1.54) is 19.2 Å². The van der Waals surface area contributed by atoms with Gasteiger partial charge in [0.15, 0.2) is 6.23 Å². The van der Waals surface area contributed by atoms with Gasteiger partial charge in [0.2, 0.25) is 5.88 Å². The first kappa shape index (κ1) is 13.6. The van der Waals surface area contributed by atoms with Crippen LogP contribution in [0.25, 0.3) is 0 Å². The van der Waals surface area contributed by atoms with Crippen LogP contribution in [0.3, 0.4) is 0 Å². The van der Waals surface area contributed by atoms with Crippen LogP contribution in [0.2, 0.25) is 0 Å². The summed E-state index contributed by atoms with van der Waals surface area (Å²) in [7, 11) is 1.23. The second kappa shape index (κ2) is 5.03. The van der Waals surface area contributed by atoms with Gasteiger partial charge >= 0.3 is 5.69 Å². The fourth-order valence-electron chi connectivity index (χ4n) is 1.82. The topological polar surface area (TPSA) is 108 Å². The van der Waals surface area contributed by atoms with Crippen molar-refractivity contribution in [1.82, 2.24) is 9.13 Å². The first-order valence-electron chi connectivity index (χ1n) is 5.66. The number of aromatic hydroxyl groups is 1. The number of nitrogens with zero attached hydrogens (tertiary/aromatic N) is 3. The molecule has 1 aromatic carbocycles. The van der Waals surface area contributed by atoms with Crippen LogP contribution >= 0.6 is 0 Å². The Hall–Kier alpha value is -2.85. The number of aliphatic hydroxyl groups excluding tert-OH is 1. The molecule has 0 aliphatic rings. The van der Waals surface area contributed by atoms with Gasteiger partial charge in [0.1, 0.15) is 0 Å². The van der Waals surface area contributed by atoms with Gasteiger partial charge < -0.3 is 10.2 Å². The SMILES string of the molecule is Cn1c(=O)cc(O)n(C(O)c2ccccc2C#N)c1=O. The van der Waals surface area contributed by atoms with Crippen LogP contribution in [0.5, 0.6) is 5.88 Å². The highest BCUT2D eigenvalue weighted by atomic mass is 16.3. The summed E-state index contributed by atoms with van der Waals surface area (Å²) in [6.07, 6.45) is -1.56. The van der Waals surface area contributed by atoms with Gasteiger partial charge in [0.25, 0.3) is 5.56 Å². The molecule has 0 aliphatic carbocycles. The molecule has 1 heterocycles. The van der Waals surface area contributed by atoms with Crippen LogP contribution in [-0.4, -0.2) is 19.3 Å². The summed E-state index contributed by atoms with van der Waals surface area (Å²) >= 11 is 0. The maximum Gasteiger partial charge on any atom is 0.335 e. The molecule has 0 fully saturated rings. The van der Waals surface area contributed by atoms with Crippen molar-refractivity contribution in [3.63, 3.8) is 0 Å². The fraction of sp³-hybridized carbons (Fsp3) is 0.154. The molecule has 7 nitrogen and oxygen atoms in total. The second-order valence-electron chi connectivity index (χ2n) is 4.13. The van der Waals surface area contributed by atoms with Crippen molar-refractivity contribution in [2.45, 2.75) is 6.23 Å². The number of aromatic nitrogens is 2. The van der Waals surface area contributed by atoms with Crippen molar-refractivity contribution in [3.8, 4) is 11.9 Å². The molecule has 20 heavy (non-hydrogen) atoms. The third kappa shape index (κ3) is 2.08. The van der Waals surface area contributed by atoms with E-state index in [1.54, 1.807) is 12.1 Å². The van der Waals surface area contributed by atoms with E-state index in [-0.39, 0.29) is 11.1 Å². The lowest BCUT2D eigenvalue weighted by atomic mass is 10.1. The summed E-state index contributed by atoms with van der Waals surface area (Å²) < 4.78 is 1.38. The Balaban J connectivity index is 2.70. The molecule has 0 spiro atoms. The van der Waals surface area contributed by atoms with Gasteiger partial charge in [0, 0.05) is 12.6 Å². The minimum atomic E-state index is -1.56. The summed E-state index contributed by atoms with van der Waals surface area (Å²) in [5.74, 6) is -0.668. The van der Waals surface area contributed by atoms with Gasteiger partial charge in [-0.2, -0.15) is 5.26 Å². The van der Waals surface area contributed by atoms with Crippen LogP contribution in [0.15, 0.2) is 39.9 Å². The normalized spacial score (nSPS) is 11.8. The van der Waals surface area contributed by atoms with E-state index < -0.39 is 23.4 Å². The number of hydrogen-bond donors (Lipinski definition) is 2. The van der Waals surface area contributed by atoms with E-state index >= 15 is 0 Å². The Labute approximate surface area is 113 Å². The van der Waals surface area contributed by atoms with Crippen LogP contribution in [0.4, 0.5) is 0 Å². The molecule has 1 atom stereocenters. The smallest absolute Gasteiger partial charge is 0.335 e. The van der Waals surface area contributed by atoms with Crippen molar-refractivity contribution < 1.29 is 10.2 Å². The first-order valence-corrected chi connectivity index (χ1v) is 5.66. The van der Waals surface area contributed by atoms with Gasteiger partial charge in [-0.25, -0.2) is 9.36 Å². The van der Waals surface area contributed by atoms with Gasteiger partial charge in [-0.05, 0) is 6.07 Å². The monoisotopic (exact) mass is 273 g/mol. The molecule has 2 rings (SSSR count). The minimum Gasteiger partial charge on any atom is -0.494 e. The van der Waals surface area contributed by atoms with Crippen molar-refractivity contribution in [2.75, 3.05) is 0 Å². The Morgan fingerprint density at radius 3 is 2.60 bits per heavy atom. The van der Waals surface area contributed by atoms with Crippen molar-refractivity contribution in [2.24, 2.45) is 7.05 Å². The zero-order valence-electron chi connectivity index (χ0n) is 10.5. The second-order valence-corrected chi connectivity index (χ2v) is 4.13. The lowest BCUT2D eigenvalue weighted by molar-refractivity contribution is 0.126. The van der Waals surface area contributed by atoms with E-state index in [2.05, 4.69) is 0 Å². The maximum absolute atomic E-state index is 11.9. The molecule has 2 aromatic rings. The quantitative estimate of drug-likeness (QED) is 0.778. The van der Waals surface area contributed by atoms with Crippen LogP contribution in [-0.2, 0) is 7.05 Å². The van der Waals surface area contributed by atoms with E-state index in [0.717, 1.165) is 10.6 Å². The average molecular weight is 273 g/mol. The van der Waals surface area contributed by atoms with Crippen molar-refractivity contribution >= 4 is 0 Å². The molecule has 0 saturated heterocycles. The van der Waals surface area contributed by atoms with Crippen LogP contribution in [0.1, 0.15) is 17.4 Å². The van der Waals surface area contributed by atoms with Gasteiger partial charge in [0.05, 0.1) is 17.7 Å². The third-order valence-electron chi connectivity index (χ3n) is 2.93. The Morgan fingerprint density at radius 1 is 1.30 bits per heavy atom. The standard InChI is InChI=1S/C13H11N3O4/c1-15-10(17)6-11(18)16(13(15)20)12(19)9-5-3-2-4-8(9)7-14/h2-6,12,18-19H,1H3. The summed E-state index contributed by atoms with van der Waals surface area (Å²) in [5.41, 5.74) is -1.24.